The molecule has 0 radical (unpaired) electrons. The molecule has 1 amide bonds. The van der Waals surface area contributed by atoms with Gasteiger partial charge in [0.05, 0.1) is 43.7 Å². The number of alkyl halides is 6. The number of carbonyl (C=O) groups excluding carboxylic acids is 1. The monoisotopic (exact) mass is 672 g/mol. The molecule has 3 fully saturated rings. The Bertz CT molecular complexity index is 1330. The molecule has 3 aliphatic rings. The average Bonchev–Trinajstić information content (AvgIpc) is 3.04. The number of methoxy groups -OCH3 is 1. The van der Waals surface area contributed by atoms with E-state index in [-0.39, 0.29) is 18.7 Å². The van der Waals surface area contributed by atoms with Crippen LogP contribution in [0.3, 0.4) is 0 Å². The fourth-order valence-corrected chi connectivity index (χ4v) is 6.56. The lowest BCUT2D eigenvalue weighted by Gasteiger charge is -2.43. The van der Waals surface area contributed by atoms with Gasteiger partial charge in [-0.2, -0.15) is 26.3 Å². The summed E-state index contributed by atoms with van der Waals surface area (Å²) in [6, 6.07) is 6.66. The van der Waals surface area contributed by atoms with E-state index in [1.54, 1.807) is 7.11 Å². The van der Waals surface area contributed by atoms with Crippen LogP contribution >= 0.6 is 0 Å². The van der Waals surface area contributed by atoms with Crippen molar-refractivity contribution in [2.45, 2.75) is 37.8 Å². The van der Waals surface area contributed by atoms with Crippen LogP contribution in [0.25, 0.3) is 0 Å². The Balaban J connectivity index is 1.39. The largest absolute Gasteiger partial charge is 0.416 e. The van der Waals surface area contributed by atoms with Crippen LogP contribution in [-0.4, -0.2) is 125 Å². The summed E-state index contributed by atoms with van der Waals surface area (Å²) in [7, 11) is 1.63. The molecule has 0 spiro atoms. The van der Waals surface area contributed by atoms with Crippen LogP contribution in [0.4, 0.5) is 32.0 Å². The number of anilines is 1. The Morgan fingerprint density at radius 2 is 1.51 bits per heavy atom. The van der Waals surface area contributed by atoms with Crippen LogP contribution in [-0.2, 0) is 33.0 Å². The topological polar surface area (TPSA) is 57.7 Å². The number of rotatable bonds is 9. The second kappa shape index (κ2) is 15.1. The molecule has 2 aromatic rings. The Labute approximate surface area is 271 Å². The maximum atomic E-state index is 13.9. The molecule has 0 N–H and O–H groups in total. The molecular weight excluding hydrogens is 630 g/mol. The molecule has 3 saturated heterocycles. The van der Waals surface area contributed by atoms with Crippen molar-refractivity contribution in [2.75, 3.05) is 97.3 Å². The van der Waals surface area contributed by atoms with E-state index in [2.05, 4.69) is 20.8 Å². The number of carbonyl (C=O) groups is 1. The van der Waals surface area contributed by atoms with Gasteiger partial charge in [0.25, 0.3) is 5.91 Å². The fourth-order valence-electron chi connectivity index (χ4n) is 6.56. The van der Waals surface area contributed by atoms with Crippen LogP contribution in [0.15, 0.2) is 36.4 Å². The number of hydrogen-bond acceptors (Lipinski definition) is 7. The predicted molar refractivity (Wildman–Crippen MR) is 164 cm³/mol. The highest BCUT2D eigenvalue weighted by molar-refractivity contribution is 5.95. The SMILES string of the molecule is COC[C@@H]1CN(CCN2CCN(C(=O)c3cc(C(F)(F)F)cc(C(F)(F)F)c3)[C@H](Cc3ccc(C)c(N4CCOCC4)c3)C2)CCO1. The number of piperazine rings is 1. The van der Waals surface area contributed by atoms with Crippen molar-refractivity contribution in [2.24, 2.45) is 0 Å². The molecule has 2 atom stereocenters. The van der Waals surface area contributed by atoms with Crippen LogP contribution in [0.1, 0.15) is 32.6 Å². The summed E-state index contributed by atoms with van der Waals surface area (Å²) in [6.07, 6.45) is -9.73. The third-order valence-electron chi connectivity index (χ3n) is 9.07. The van der Waals surface area contributed by atoms with E-state index in [1.807, 2.05) is 19.1 Å². The predicted octanol–water partition coefficient (Wildman–Crippen LogP) is 4.59. The maximum Gasteiger partial charge on any atom is 0.416 e. The molecule has 0 aliphatic carbocycles. The number of amides is 1. The van der Waals surface area contributed by atoms with Crippen molar-refractivity contribution in [3.05, 3.63) is 64.2 Å². The van der Waals surface area contributed by atoms with Gasteiger partial charge in [-0.25, -0.2) is 0 Å². The number of nitrogens with zero attached hydrogens (tertiary/aromatic N) is 4. The van der Waals surface area contributed by atoms with E-state index in [1.165, 1.54) is 4.90 Å². The van der Waals surface area contributed by atoms with Crippen LogP contribution in [0.5, 0.6) is 0 Å². The summed E-state index contributed by atoms with van der Waals surface area (Å²) in [5.41, 5.74) is -0.580. The van der Waals surface area contributed by atoms with Crippen LogP contribution < -0.4 is 4.90 Å². The lowest BCUT2D eigenvalue weighted by atomic mass is 9.97. The van der Waals surface area contributed by atoms with Gasteiger partial charge in [-0.1, -0.05) is 12.1 Å². The second-order valence-corrected chi connectivity index (χ2v) is 12.4. The van der Waals surface area contributed by atoms with Gasteiger partial charge in [-0.05, 0) is 48.7 Å². The second-order valence-electron chi connectivity index (χ2n) is 12.4. The molecule has 0 aromatic heterocycles. The molecule has 3 aliphatic heterocycles. The third kappa shape index (κ3) is 9.17. The summed E-state index contributed by atoms with van der Waals surface area (Å²) < 4.78 is 98.4. The highest BCUT2D eigenvalue weighted by Gasteiger charge is 2.39. The molecule has 0 unspecified atom stereocenters. The number of morpholine rings is 2. The molecule has 0 bridgehead atoms. The summed E-state index contributed by atoms with van der Waals surface area (Å²) in [4.78, 5) is 22.0. The number of ether oxygens (including phenoxy) is 3. The van der Waals surface area contributed by atoms with Crippen molar-refractivity contribution in [3.8, 4) is 0 Å². The van der Waals surface area contributed by atoms with Crippen molar-refractivity contribution in [1.82, 2.24) is 14.7 Å². The van der Waals surface area contributed by atoms with E-state index in [0.717, 1.165) is 49.5 Å². The zero-order valence-electron chi connectivity index (χ0n) is 26.7. The highest BCUT2D eigenvalue weighted by atomic mass is 19.4. The fraction of sp³-hybridized carbons (Fsp3) is 0.606. The van der Waals surface area contributed by atoms with Gasteiger partial charge in [-0.15, -0.1) is 0 Å². The first-order valence-electron chi connectivity index (χ1n) is 15.9. The number of hydrogen-bond donors (Lipinski definition) is 0. The molecule has 5 rings (SSSR count). The summed E-state index contributed by atoms with van der Waals surface area (Å²) in [6.45, 7) is 9.73. The van der Waals surface area contributed by atoms with E-state index in [9.17, 15) is 31.1 Å². The molecule has 14 heteroatoms. The number of aryl methyl sites for hydroxylation is 1. The van der Waals surface area contributed by atoms with Gasteiger partial charge < -0.3 is 24.0 Å². The molecule has 47 heavy (non-hydrogen) atoms. The van der Waals surface area contributed by atoms with Crippen LogP contribution in [0, 0.1) is 6.92 Å². The first-order valence-corrected chi connectivity index (χ1v) is 15.9. The summed E-state index contributed by atoms with van der Waals surface area (Å²) >= 11 is 0. The minimum absolute atomic E-state index is 0.0211. The van der Waals surface area contributed by atoms with E-state index in [0.29, 0.717) is 64.6 Å². The number of halogens is 6. The van der Waals surface area contributed by atoms with Crippen molar-refractivity contribution < 1.29 is 45.3 Å². The zero-order chi connectivity index (χ0) is 33.8. The Morgan fingerprint density at radius 1 is 0.851 bits per heavy atom. The minimum Gasteiger partial charge on any atom is -0.382 e. The van der Waals surface area contributed by atoms with Gasteiger partial charge >= 0.3 is 12.4 Å². The third-order valence-corrected chi connectivity index (χ3v) is 9.07. The van der Waals surface area contributed by atoms with Crippen LogP contribution in [0.2, 0.25) is 0 Å². The van der Waals surface area contributed by atoms with Gasteiger partial charge in [0.1, 0.15) is 0 Å². The minimum atomic E-state index is -5.05. The molecule has 0 saturated carbocycles. The van der Waals surface area contributed by atoms with E-state index >= 15 is 0 Å². The Hall–Kier alpha value is -2.91. The molecular formula is C33H42F6N4O4. The van der Waals surface area contributed by atoms with Crippen molar-refractivity contribution >= 4 is 11.6 Å². The van der Waals surface area contributed by atoms with E-state index in [4.69, 9.17) is 14.2 Å². The van der Waals surface area contributed by atoms with Crippen molar-refractivity contribution in [3.63, 3.8) is 0 Å². The zero-order valence-corrected chi connectivity index (χ0v) is 26.7. The molecule has 3 heterocycles. The smallest absolute Gasteiger partial charge is 0.382 e. The standard InChI is InChI=1S/C33H42F6N4O4/c1-23-3-4-24(16-30(23)42-10-12-46-13-11-42)15-28-20-40(5-6-41-9-14-47-29(21-41)22-45-2)7-8-43(28)31(44)25-17-26(32(34,35)36)19-27(18-25)33(37,38)39/h3-4,16-19,28-29H,5-15,20-22H2,1-2H3/t28-,29+/m1/s1. The lowest BCUT2D eigenvalue weighted by Crippen LogP contribution is -2.57. The number of benzene rings is 2. The Morgan fingerprint density at radius 3 is 2.15 bits per heavy atom. The average molecular weight is 673 g/mol. The molecule has 260 valence electrons. The molecule has 8 nitrogen and oxygen atoms in total. The normalized spacial score (nSPS) is 22.1. The van der Waals surface area contributed by atoms with Gasteiger partial charge in [-0.3, -0.25) is 14.6 Å². The maximum absolute atomic E-state index is 13.9. The summed E-state index contributed by atoms with van der Waals surface area (Å²) in [5.74, 6) is -0.845. The van der Waals surface area contributed by atoms with Gasteiger partial charge in [0.2, 0.25) is 0 Å². The summed E-state index contributed by atoms with van der Waals surface area (Å²) in [5, 5.41) is 0. The van der Waals surface area contributed by atoms with Crippen molar-refractivity contribution in [1.29, 1.82) is 0 Å². The lowest BCUT2D eigenvalue weighted by molar-refractivity contribution is -0.143. The first-order chi connectivity index (χ1) is 22.3. The van der Waals surface area contributed by atoms with Gasteiger partial charge in [0.15, 0.2) is 0 Å². The Kier molecular flexibility index (Phi) is 11.4. The molecule has 2 aromatic carbocycles. The highest BCUT2D eigenvalue weighted by Crippen LogP contribution is 2.37. The van der Waals surface area contributed by atoms with E-state index < -0.39 is 41.0 Å². The first kappa shape index (κ1) is 35.4. The van der Waals surface area contributed by atoms with Gasteiger partial charge in [0, 0.05) is 83.3 Å². The quantitative estimate of drug-likeness (QED) is 0.362.